The van der Waals surface area contributed by atoms with E-state index in [-0.39, 0.29) is 30.7 Å². The summed E-state index contributed by atoms with van der Waals surface area (Å²) >= 11 is 0. The molecule has 0 bridgehead atoms. The molecule has 0 atom stereocenters. The van der Waals surface area contributed by atoms with E-state index in [1.165, 1.54) is 24.3 Å². The molecule has 182 valence electrons. The second kappa shape index (κ2) is 11.6. The average Bonchev–Trinajstić information content (AvgIpc) is 2.83. The number of anilines is 2. The highest BCUT2D eigenvalue weighted by Gasteiger charge is 2.20. The molecule has 0 saturated carbocycles. The maximum absolute atomic E-state index is 13.0. The van der Waals surface area contributed by atoms with Crippen molar-refractivity contribution >= 4 is 23.2 Å². The van der Waals surface area contributed by atoms with Crippen molar-refractivity contribution in [2.24, 2.45) is 0 Å². The van der Waals surface area contributed by atoms with Crippen LogP contribution in [-0.2, 0) is 9.59 Å². The van der Waals surface area contributed by atoms with E-state index in [2.05, 4.69) is 15.5 Å². The summed E-state index contributed by atoms with van der Waals surface area (Å²) in [6.45, 7) is 5.33. The van der Waals surface area contributed by atoms with Crippen molar-refractivity contribution in [2.75, 3.05) is 49.9 Å². The van der Waals surface area contributed by atoms with Crippen molar-refractivity contribution in [1.82, 2.24) is 9.80 Å². The van der Waals surface area contributed by atoms with Gasteiger partial charge in [-0.2, -0.15) is 0 Å². The second-order valence-corrected chi connectivity index (χ2v) is 8.60. The Morgan fingerprint density at radius 3 is 1.80 bits per heavy atom. The lowest BCUT2D eigenvalue weighted by atomic mass is 10.2. The van der Waals surface area contributed by atoms with Crippen molar-refractivity contribution in [3.8, 4) is 11.5 Å². The van der Waals surface area contributed by atoms with Crippen LogP contribution in [-0.4, -0.2) is 60.9 Å². The normalized spacial score (nSPS) is 14.3. The van der Waals surface area contributed by atoms with Crippen molar-refractivity contribution in [3.05, 3.63) is 84.2 Å². The van der Waals surface area contributed by atoms with Gasteiger partial charge in [0.1, 0.15) is 17.3 Å². The van der Waals surface area contributed by atoms with E-state index in [0.717, 1.165) is 11.3 Å². The van der Waals surface area contributed by atoms with Gasteiger partial charge in [-0.25, -0.2) is 4.39 Å². The highest BCUT2D eigenvalue weighted by Crippen LogP contribution is 2.23. The summed E-state index contributed by atoms with van der Waals surface area (Å²) in [5.41, 5.74) is 2.41. The summed E-state index contributed by atoms with van der Waals surface area (Å²) in [7, 11) is 0. The molecular weight excluding hydrogens is 447 g/mol. The van der Waals surface area contributed by atoms with Crippen LogP contribution in [0.4, 0.5) is 15.8 Å². The second-order valence-electron chi connectivity index (χ2n) is 8.60. The fourth-order valence-corrected chi connectivity index (χ4v) is 3.87. The Hall–Kier alpha value is -3.75. The van der Waals surface area contributed by atoms with Crippen molar-refractivity contribution in [3.63, 3.8) is 0 Å². The Morgan fingerprint density at radius 1 is 0.771 bits per heavy atom. The number of benzene rings is 3. The van der Waals surface area contributed by atoms with Gasteiger partial charge in [0.05, 0.1) is 13.1 Å². The molecule has 1 aliphatic heterocycles. The van der Waals surface area contributed by atoms with Crippen LogP contribution >= 0.6 is 0 Å². The SMILES string of the molecule is Cc1cccc(Oc2ccc(NC(=O)CN3CCN(CC(=O)Nc4ccc(F)cc4)CC3)cc2)c1. The van der Waals surface area contributed by atoms with Gasteiger partial charge in [-0.15, -0.1) is 0 Å². The molecule has 35 heavy (non-hydrogen) atoms. The molecule has 7 nitrogen and oxygen atoms in total. The first kappa shape index (κ1) is 24.4. The molecule has 1 heterocycles. The third-order valence-electron chi connectivity index (χ3n) is 5.69. The molecule has 4 rings (SSSR count). The van der Waals surface area contributed by atoms with Gasteiger partial charge >= 0.3 is 0 Å². The summed E-state index contributed by atoms with van der Waals surface area (Å²) in [4.78, 5) is 28.8. The minimum absolute atomic E-state index is 0.0835. The van der Waals surface area contributed by atoms with Gasteiger partial charge in [0.25, 0.3) is 0 Å². The monoisotopic (exact) mass is 476 g/mol. The number of halogens is 1. The fraction of sp³-hybridized carbons (Fsp3) is 0.259. The third kappa shape index (κ3) is 7.63. The maximum atomic E-state index is 13.0. The predicted molar refractivity (Wildman–Crippen MR) is 134 cm³/mol. The maximum Gasteiger partial charge on any atom is 0.238 e. The summed E-state index contributed by atoms with van der Waals surface area (Å²) < 4.78 is 18.8. The van der Waals surface area contributed by atoms with Crippen LogP contribution in [0.1, 0.15) is 5.56 Å². The molecule has 1 aliphatic rings. The zero-order valence-electron chi connectivity index (χ0n) is 19.7. The number of nitrogens with one attached hydrogen (secondary N) is 2. The van der Waals surface area contributed by atoms with E-state index >= 15 is 0 Å². The van der Waals surface area contributed by atoms with E-state index in [4.69, 9.17) is 4.74 Å². The summed E-state index contributed by atoms with van der Waals surface area (Å²) in [5, 5.41) is 5.70. The standard InChI is InChI=1S/C27H29FN4O3/c1-20-3-2-4-25(17-20)35-24-11-9-23(10-12-24)30-27(34)19-32-15-13-31(14-16-32)18-26(33)29-22-7-5-21(28)6-8-22/h2-12,17H,13-16,18-19H2,1H3,(H,29,33)(H,30,34). The lowest BCUT2D eigenvalue weighted by Gasteiger charge is -2.33. The molecular formula is C27H29FN4O3. The van der Waals surface area contributed by atoms with Crippen LogP contribution in [0.3, 0.4) is 0 Å². The number of hydrogen-bond donors (Lipinski definition) is 2. The molecule has 2 amide bonds. The number of aryl methyl sites for hydroxylation is 1. The Labute approximate surface area is 204 Å². The number of rotatable bonds is 8. The summed E-state index contributed by atoms with van der Waals surface area (Å²) in [6.07, 6.45) is 0. The van der Waals surface area contributed by atoms with Crippen LogP contribution < -0.4 is 15.4 Å². The van der Waals surface area contributed by atoms with Crippen molar-refractivity contribution in [1.29, 1.82) is 0 Å². The number of carbonyl (C=O) groups excluding carboxylic acids is 2. The minimum atomic E-state index is -0.340. The highest BCUT2D eigenvalue weighted by molar-refractivity contribution is 5.93. The summed E-state index contributed by atoms with van der Waals surface area (Å²) in [5.74, 6) is 0.909. The first-order valence-electron chi connectivity index (χ1n) is 11.6. The largest absolute Gasteiger partial charge is 0.457 e. The van der Waals surface area contributed by atoms with Crippen molar-refractivity contribution in [2.45, 2.75) is 6.92 Å². The van der Waals surface area contributed by atoms with Gasteiger partial charge in [0, 0.05) is 37.6 Å². The molecule has 0 spiro atoms. The molecule has 0 unspecified atom stereocenters. The molecule has 3 aromatic rings. The zero-order valence-corrected chi connectivity index (χ0v) is 19.7. The molecule has 2 N–H and O–H groups in total. The van der Waals surface area contributed by atoms with Crippen LogP contribution in [0.5, 0.6) is 11.5 Å². The third-order valence-corrected chi connectivity index (χ3v) is 5.69. The van der Waals surface area contributed by atoms with E-state index in [1.807, 2.05) is 60.4 Å². The lowest BCUT2D eigenvalue weighted by molar-refractivity contribution is -0.120. The highest BCUT2D eigenvalue weighted by atomic mass is 19.1. The Morgan fingerprint density at radius 2 is 1.29 bits per heavy atom. The number of ether oxygens (including phenoxy) is 1. The van der Waals surface area contributed by atoms with Gasteiger partial charge in [0.2, 0.25) is 11.8 Å². The molecule has 3 aromatic carbocycles. The number of carbonyl (C=O) groups is 2. The van der Waals surface area contributed by atoms with Crippen LogP contribution in [0.25, 0.3) is 0 Å². The molecule has 0 radical (unpaired) electrons. The van der Waals surface area contributed by atoms with Gasteiger partial charge in [0.15, 0.2) is 0 Å². The van der Waals surface area contributed by atoms with Gasteiger partial charge in [-0.3, -0.25) is 19.4 Å². The molecule has 0 aromatic heterocycles. The first-order valence-corrected chi connectivity index (χ1v) is 11.6. The van der Waals surface area contributed by atoms with E-state index in [9.17, 15) is 14.0 Å². The van der Waals surface area contributed by atoms with Gasteiger partial charge in [-0.05, 0) is 73.2 Å². The number of amides is 2. The van der Waals surface area contributed by atoms with E-state index in [1.54, 1.807) is 0 Å². The van der Waals surface area contributed by atoms with Crippen LogP contribution in [0, 0.1) is 12.7 Å². The summed E-state index contributed by atoms with van der Waals surface area (Å²) in [6, 6.07) is 20.8. The predicted octanol–water partition coefficient (Wildman–Crippen LogP) is 4.12. The zero-order chi connectivity index (χ0) is 24.6. The van der Waals surface area contributed by atoms with Crippen LogP contribution in [0.2, 0.25) is 0 Å². The number of hydrogen-bond acceptors (Lipinski definition) is 5. The van der Waals surface area contributed by atoms with Crippen LogP contribution in [0.15, 0.2) is 72.8 Å². The van der Waals surface area contributed by atoms with E-state index in [0.29, 0.717) is 43.3 Å². The minimum Gasteiger partial charge on any atom is -0.457 e. The van der Waals surface area contributed by atoms with Gasteiger partial charge < -0.3 is 15.4 Å². The topological polar surface area (TPSA) is 73.9 Å². The lowest BCUT2D eigenvalue weighted by Crippen LogP contribution is -2.50. The molecule has 1 saturated heterocycles. The first-order chi connectivity index (χ1) is 16.9. The molecule has 0 aliphatic carbocycles. The molecule has 8 heteroatoms. The Bertz CT molecular complexity index is 1140. The Kier molecular flexibility index (Phi) is 8.07. The van der Waals surface area contributed by atoms with Gasteiger partial charge in [-0.1, -0.05) is 12.1 Å². The quantitative estimate of drug-likeness (QED) is 0.512. The number of nitrogens with zero attached hydrogens (tertiary/aromatic N) is 2. The smallest absolute Gasteiger partial charge is 0.238 e. The van der Waals surface area contributed by atoms with E-state index < -0.39 is 0 Å². The average molecular weight is 477 g/mol. The fourth-order valence-electron chi connectivity index (χ4n) is 3.87. The Balaban J connectivity index is 1.17. The van der Waals surface area contributed by atoms with Crippen molar-refractivity contribution < 1.29 is 18.7 Å². The number of piperazine rings is 1. The molecule has 1 fully saturated rings.